The van der Waals surface area contributed by atoms with Gasteiger partial charge in [0.15, 0.2) is 5.82 Å². The van der Waals surface area contributed by atoms with E-state index >= 15 is 0 Å². The molecule has 2 aromatic rings. The Hall–Kier alpha value is -3.34. The van der Waals surface area contributed by atoms with Gasteiger partial charge in [-0.05, 0) is 31.4 Å². The van der Waals surface area contributed by atoms with Crippen LogP contribution in [-0.4, -0.2) is 47.2 Å². The summed E-state index contributed by atoms with van der Waals surface area (Å²) >= 11 is 0. The highest BCUT2D eigenvalue weighted by Gasteiger charge is 2.19. The summed E-state index contributed by atoms with van der Waals surface area (Å²) in [7, 11) is 1.53. The van der Waals surface area contributed by atoms with Crippen LogP contribution >= 0.6 is 0 Å². The van der Waals surface area contributed by atoms with E-state index in [-0.39, 0.29) is 11.7 Å². The first-order valence-electron chi connectivity index (χ1n) is 8.79. The average Bonchev–Trinajstić information content (AvgIpc) is 2.70. The monoisotopic (exact) mass is 386 g/mol. The summed E-state index contributed by atoms with van der Waals surface area (Å²) in [6.45, 7) is 3.15. The van der Waals surface area contributed by atoms with Gasteiger partial charge < -0.3 is 21.1 Å². The lowest BCUT2D eigenvalue weighted by atomic mass is 10.1. The van der Waals surface area contributed by atoms with Crippen molar-refractivity contribution in [3.63, 3.8) is 0 Å². The fourth-order valence-corrected chi connectivity index (χ4v) is 2.80. The molecule has 11 nitrogen and oxygen atoms in total. The molecule has 0 bridgehead atoms. The van der Waals surface area contributed by atoms with Gasteiger partial charge in [0.1, 0.15) is 11.4 Å². The molecule has 0 aromatic carbocycles. The fourth-order valence-electron chi connectivity index (χ4n) is 2.80. The Bertz CT molecular complexity index is 869. The van der Waals surface area contributed by atoms with Crippen molar-refractivity contribution in [1.82, 2.24) is 15.0 Å². The first-order chi connectivity index (χ1) is 13.5. The van der Waals surface area contributed by atoms with Crippen LogP contribution in [0, 0.1) is 11.8 Å². The predicted octanol–water partition coefficient (Wildman–Crippen LogP) is 1.73. The van der Waals surface area contributed by atoms with E-state index in [0.29, 0.717) is 36.4 Å². The SMILES string of the molecule is Cc1cc(C(N)=O)ncc1Nc1ncc(N(C)N=O)c(NC2CCOCC2)n1. The van der Waals surface area contributed by atoms with Crippen LogP contribution in [0.2, 0.25) is 0 Å². The van der Waals surface area contributed by atoms with Crippen LogP contribution in [0.25, 0.3) is 0 Å². The molecule has 11 heteroatoms. The summed E-state index contributed by atoms with van der Waals surface area (Å²) in [4.78, 5) is 35.0. The molecular formula is C17H22N8O3. The van der Waals surface area contributed by atoms with E-state index < -0.39 is 5.91 Å². The molecule has 1 aliphatic heterocycles. The van der Waals surface area contributed by atoms with E-state index in [1.165, 1.54) is 24.5 Å². The fraction of sp³-hybridized carbons (Fsp3) is 0.412. The first kappa shape index (κ1) is 19.4. The normalized spacial score (nSPS) is 14.4. The molecule has 0 atom stereocenters. The zero-order valence-electron chi connectivity index (χ0n) is 15.7. The van der Waals surface area contributed by atoms with E-state index in [1.54, 1.807) is 6.07 Å². The minimum Gasteiger partial charge on any atom is -0.381 e. The first-order valence-corrected chi connectivity index (χ1v) is 8.79. The van der Waals surface area contributed by atoms with Gasteiger partial charge in [-0.15, -0.1) is 4.91 Å². The molecule has 3 heterocycles. The molecule has 4 N–H and O–H groups in total. The molecule has 0 radical (unpaired) electrons. The second-order valence-corrected chi connectivity index (χ2v) is 6.44. The highest BCUT2D eigenvalue weighted by Crippen LogP contribution is 2.27. The molecule has 148 valence electrons. The lowest BCUT2D eigenvalue weighted by molar-refractivity contribution is 0.0904. The van der Waals surface area contributed by atoms with Crippen LogP contribution < -0.4 is 21.4 Å². The van der Waals surface area contributed by atoms with Crippen LogP contribution in [-0.2, 0) is 4.74 Å². The van der Waals surface area contributed by atoms with Crippen molar-refractivity contribution in [2.45, 2.75) is 25.8 Å². The summed E-state index contributed by atoms with van der Waals surface area (Å²) in [5, 5.41) is 10.5. The van der Waals surface area contributed by atoms with Gasteiger partial charge in [-0.3, -0.25) is 4.79 Å². The van der Waals surface area contributed by atoms with E-state index in [0.717, 1.165) is 18.4 Å². The number of primary amides is 1. The molecule has 0 saturated carbocycles. The smallest absolute Gasteiger partial charge is 0.267 e. The topological polar surface area (TPSA) is 148 Å². The minimum atomic E-state index is -0.595. The number of rotatable bonds is 7. The third-order valence-corrected chi connectivity index (χ3v) is 4.41. The number of ether oxygens (including phenoxy) is 1. The Labute approximate surface area is 161 Å². The van der Waals surface area contributed by atoms with Crippen LogP contribution in [0.5, 0.6) is 0 Å². The molecule has 1 amide bonds. The van der Waals surface area contributed by atoms with Gasteiger partial charge in [0.25, 0.3) is 5.91 Å². The number of nitrogens with two attached hydrogens (primary N) is 1. The zero-order chi connectivity index (χ0) is 20.1. The lowest BCUT2D eigenvalue weighted by Gasteiger charge is -2.25. The van der Waals surface area contributed by atoms with Crippen molar-refractivity contribution in [1.29, 1.82) is 0 Å². The van der Waals surface area contributed by atoms with Gasteiger partial charge in [-0.25, -0.2) is 15.0 Å². The number of carbonyl (C=O) groups excluding carboxylic acids is 1. The predicted molar refractivity (Wildman–Crippen MR) is 104 cm³/mol. The number of hydrogen-bond donors (Lipinski definition) is 3. The summed E-state index contributed by atoms with van der Waals surface area (Å²) in [5.41, 5.74) is 7.30. The number of nitrogens with one attached hydrogen (secondary N) is 2. The zero-order valence-corrected chi connectivity index (χ0v) is 15.7. The van der Waals surface area contributed by atoms with Crippen LogP contribution in [0.15, 0.2) is 23.7 Å². The number of nitroso groups, excluding NO2 is 1. The molecule has 0 aliphatic carbocycles. The molecule has 28 heavy (non-hydrogen) atoms. The van der Waals surface area contributed by atoms with Crippen molar-refractivity contribution in [3.8, 4) is 0 Å². The highest BCUT2D eigenvalue weighted by atomic mass is 16.5. The lowest BCUT2D eigenvalue weighted by Crippen LogP contribution is -2.29. The van der Waals surface area contributed by atoms with Gasteiger partial charge in [-0.1, -0.05) is 0 Å². The van der Waals surface area contributed by atoms with Crippen molar-refractivity contribution in [3.05, 3.63) is 34.6 Å². The molecular weight excluding hydrogens is 364 g/mol. The van der Waals surface area contributed by atoms with Crippen molar-refractivity contribution >= 4 is 29.0 Å². The Morgan fingerprint density at radius 1 is 1.32 bits per heavy atom. The van der Waals surface area contributed by atoms with Gasteiger partial charge in [0.05, 0.1) is 23.4 Å². The maximum Gasteiger partial charge on any atom is 0.267 e. The van der Waals surface area contributed by atoms with Gasteiger partial charge in [0, 0.05) is 26.3 Å². The number of carbonyl (C=O) groups is 1. The maximum atomic E-state index is 11.2. The third kappa shape index (κ3) is 4.49. The number of hydrogen-bond acceptors (Lipinski definition) is 9. The standard InChI is InChI=1S/C17H22N8O3/c1-10-7-12(15(18)26)19-8-13(10)22-17-20-9-14(25(2)24-27)16(23-17)21-11-3-5-28-6-4-11/h7-9,11H,3-6H2,1-2H3,(H2,18,26)(H2,20,21,22,23). The van der Waals surface area contributed by atoms with E-state index in [1.807, 2.05) is 6.92 Å². The van der Waals surface area contributed by atoms with Crippen LogP contribution in [0.1, 0.15) is 28.9 Å². The van der Waals surface area contributed by atoms with E-state index in [4.69, 9.17) is 10.5 Å². The molecule has 0 unspecified atom stereocenters. The average molecular weight is 386 g/mol. The van der Waals surface area contributed by atoms with E-state index in [9.17, 15) is 9.70 Å². The Morgan fingerprint density at radius 2 is 2.07 bits per heavy atom. The quantitative estimate of drug-likeness (QED) is 0.478. The summed E-state index contributed by atoms with van der Waals surface area (Å²) < 4.78 is 5.37. The third-order valence-electron chi connectivity index (χ3n) is 4.41. The van der Waals surface area contributed by atoms with Gasteiger partial charge in [-0.2, -0.15) is 4.98 Å². The van der Waals surface area contributed by atoms with Crippen molar-refractivity contribution < 1.29 is 9.53 Å². The Balaban J connectivity index is 1.86. The van der Waals surface area contributed by atoms with Gasteiger partial charge in [0.2, 0.25) is 5.95 Å². The highest BCUT2D eigenvalue weighted by molar-refractivity contribution is 5.91. The maximum absolute atomic E-state index is 11.2. The number of aromatic nitrogens is 3. The second kappa shape index (κ2) is 8.57. The molecule has 1 saturated heterocycles. The van der Waals surface area contributed by atoms with E-state index in [2.05, 4.69) is 30.9 Å². The minimum absolute atomic E-state index is 0.175. The summed E-state index contributed by atoms with van der Waals surface area (Å²) in [6.07, 6.45) is 4.68. The van der Waals surface area contributed by atoms with Crippen LogP contribution in [0.4, 0.5) is 23.1 Å². The van der Waals surface area contributed by atoms with Crippen molar-refractivity contribution in [2.24, 2.45) is 11.0 Å². The molecule has 1 aliphatic rings. The molecule has 0 spiro atoms. The number of nitrogens with zero attached hydrogens (tertiary/aromatic N) is 5. The number of amides is 1. The second-order valence-electron chi connectivity index (χ2n) is 6.44. The van der Waals surface area contributed by atoms with Gasteiger partial charge >= 0.3 is 0 Å². The molecule has 1 fully saturated rings. The Kier molecular flexibility index (Phi) is 5.94. The summed E-state index contributed by atoms with van der Waals surface area (Å²) in [6, 6.07) is 1.76. The number of aryl methyl sites for hydroxylation is 1. The number of anilines is 4. The Morgan fingerprint density at radius 3 is 2.71 bits per heavy atom. The molecule has 3 rings (SSSR count). The molecule has 2 aromatic heterocycles. The largest absolute Gasteiger partial charge is 0.381 e. The number of pyridine rings is 1. The summed E-state index contributed by atoms with van der Waals surface area (Å²) in [5.74, 6) is 0.211. The van der Waals surface area contributed by atoms with Crippen molar-refractivity contribution in [2.75, 3.05) is 35.9 Å². The van der Waals surface area contributed by atoms with Crippen LogP contribution in [0.3, 0.4) is 0 Å².